The minimum absolute atomic E-state index is 0.0669. The van der Waals surface area contributed by atoms with E-state index in [0.29, 0.717) is 87.1 Å². The average molecular weight is 644 g/mol. The van der Waals surface area contributed by atoms with Gasteiger partial charge in [-0.1, -0.05) is 29.3 Å². The quantitative estimate of drug-likeness (QED) is 0.511. The van der Waals surface area contributed by atoms with Crippen molar-refractivity contribution < 1.29 is 24.2 Å². The molecule has 9 nitrogen and oxygen atoms in total. The number of aliphatic hydroxyl groups is 1. The monoisotopic (exact) mass is 642 g/mol. The van der Waals surface area contributed by atoms with Gasteiger partial charge in [-0.25, -0.2) is 0 Å². The van der Waals surface area contributed by atoms with Crippen molar-refractivity contribution in [1.82, 2.24) is 14.7 Å². The van der Waals surface area contributed by atoms with Gasteiger partial charge in [-0.2, -0.15) is 0 Å². The standard InChI is InChI=1S/C33H40Cl2N4O5/c1-36(30(40)22-2-5-25(6-3-22)37-16-18-44-19-17-37)29-10-15-39(21-26(29)24-4-7-27(34)28(35)20-24)31(41)23-8-13-38(14-9-23)32(42)33(43)11-12-33/h2-7,20,23,26,29,43H,8-19,21H2,1H3/t26-,29?/m0/s1. The molecule has 3 aliphatic heterocycles. The molecule has 44 heavy (non-hydrogen) atoms. The number of benzene rings is 2. The fraction of sp³-hybridized carbons (Fsp3) is 0.545. The molecule has 236 valence electrons. The number of amides is 3. The van der Waals surface area contributed by atoms with Crippen molar-refractivity contribution >= 4 is 46.6 Å². The first-order valence-electron chi connectivity index (χ1n) is 15.6. The number of ether oxygens (including phenoxy) is 1. The molecule has 3 amide bonds. The maximum Gasteiger partial charge on any atom is 0.254 e. The van der Waals surface area contributed by atoms with Crippen LogP contribution in [0.15, 0.2) is 42.5 Å². The van der Waals surface area contributed by atoms with Crippen molar-refractivity contribution in [3.8, 4) is 0 Å². The molecule has 2 atom stereocenters. The van der Waals surface area contributed by atoms with Gasteiger partial charge in [0.15, 0.2) is 0 Å². The number of morpholine rings is 1. The van der Waals surface area contributed by atoms with E-state index in [1.165, 1.54) is 0 Å². The lowest BCUT2D eigenvalue weighted by Gasteiger charge is -2.44. The minimum Gasteiger partial charge on any atom is -0.380 e. The molecule has 1 saturated carbocycles. The van der Waals surface area contributed by atoms with Crippen LogP contribution in [0, 0.1) is 5.92 Å². The Labute approximate surface area is 268 Å². The Balaban J connectivity index is 1.15. The van der Waals surface area contributed by atoms with Gasteiger partial charge in [-0.3, -0.25) is 14.4 Å². The van der Waals surface area contributed by atoms with Crippen LogP contribution in [-0.2, 0) is 14.3 Å². The molecule has 3 saturated heterocycles. The Morgan fingerprint density at radius 1 is 0.886 bits per heavy atom. The number of nitrogens with zero attached hydrogens (tertiary/aromatic N) is 4. The Hall–Kier alpha value is -2.85. The first kappa shape index (κ1) is 31.1. The van der Waals surface area contributed by atoms with E-state index in [1.807, 2.05) is 53.2 Å². The van der Waals surface area contributed by atoms with Gasteiger partial charge < -0.3 is 29.4 Å². The summed E-state index contributed by atoms with van der Waals surface area (Å²) in [7, 11) is 1.84. The van der Waals surface area contributed by atoms with Crippen molar-refractivity contribution in [3.63, 3.8) is 0 Å². The first-order valence-corrected chi connectivity index (χ1v) is 16.4. The number of hydrogen-bond donors (Lipinski definition) is 1. The van der Waals surface area contributed by atoms with Gasteiger partial charge in [0.05, 0.1) is 23.3 Å². The summed E-state index contributed by atoms with van der Waals surface area (Å²) in [4.78, 5) is 47.8. The second kappa shape index (κ2) is 12.9. The zero-order valence-electron chi connectivity index (χ0n) is 25.1. The third-order valence-electron chi connectivity index (χ3n) is 9.82. The number of piperidine rings is 2. The zero-order valence-corrected chi connectivity index (χ0v) is 26.6. The molecule has 2 aromatic carbocycles. The molecule has 3 heterocycles. The maximum atomic E-state index is 13.8. The van der Waals surface area contributed by atoms with Crippen LogP contribution < -0.4 is 4.90 Å². The molecule has 6 rings (SSSR count). The van der Waals surface area contributed by atoms with Gasteiger partial charge in [0.2, 0.25) is 5.91 Å². The Bertz CT molecular complexity index is 1390. The van der Waals surface area contributed by atoms with E-state index >= 15 is 0 Å². The van der Waals surface area contributed by atoms with E-state index in [0.717, 1.165) is 24.3 Å². The number of likely N-dealkylation sites (tertiary alicyclic amines) is 2. The Morgan fingerprint density at radius 3 is 2.18 bits per heavy atom. The van der Waals surface area contributed by atoms with E-state index in [-0.39, 0.29) is 35.6 Å². The van der Waals surface area contributed by atoms with Crippen LogP contribution in [0.4, 0.5) is 5.69 Å². The lowest BCUT2D eigenvalue weighted by atomic mass is 9.83. The number of halogens is 2. The van der Waals surface area contributed by atoms with E-state index < -0.39 is 5.60 Å². The lowest BCUT2D eigenvalue weighted by Crippen LogP contribution is -2.54. The van der Waals surface area contributed by atoms with Crippen molar-refractivity contribution in [3.05, 3.63) is 63.6 Å². The fourth-order valence-electron chi connectivity index (χ4n) is 6.88. The molecule has 0 aromatic heterocycles. The second-order valence-corrected chi connectivity index (χ2v) is 13.4. The van der Waals surface area contributed by atoms with Crippen LogP contribution in [0.25, 0.3) is 0 Å². The van der Waals surface area contributed by atoms with E-state index in [9.17, 15) is 19.5 Å². The van der Waals surface area contributed by atoms with Crippen LogP contribution in [-0.4, -0.2) is 109 Å². The van der Waals surface area contributed by atoms with Crippen LogP contribution in [0.5, 0.6) is 0 Å². The summed E-state index contributed by atoms with van der Waals surface area (Å²) < 4.78 is 5.46. The van der Waals surface area contributed by atoms with Crippen LogP contribution >= 0.6 is 23.2 Å². The van der Waals surface area contributed by atoms with Crippen molar-refractivity contribution in [1.29, 1.82) is 0 Å². The number of carbonyl (C=O) groups is 3. The predicted octanol–water partition coefficient (Wildman–Crippen LogP) is 4.05. The number of hydrogen-bond acceptors (Lipinski definition) is 6. The molecule has 1 unspecified atom stereocenters. The van der Waals surface area contributed by atoms with Crippen LogP contribution in [0.2, 0.25) is 10.0 Å². The summed E-state index contributed by atoms with van der Waals surface area (Å²) in [5.41, 5.74) is 1.45. The fourth-order valence-corrected chi connectivity index (χ4v) is 7.19. The minimum atomic E-state index is -1.18. The number of rotatable bonds is 6. The summed E-state index contributed by atoms with van der Waals surface area (Å²) in [6.07, 6.45) is 2.82. The van der Waals surface area contributed by atoms with E-state index in [4.69, 9.17) is 27.9 Å². The normalized spacial score (nSPS) is 23.8. The van der Waals surface area contributed by atoms with Crippen LogP contribution in [0.3, 0.4) is 0 Å². The lowest BCUT2D eigenvalue weighted by molar-refractivity contribution is -0.147. The summed E-state index contributed by atoms with van der Waals surface area (Å²) in [5.74, 6) is -0.522. The molecule has 1 aliphatic carbocycles. The van der Waals surface area contributed by atoms with Crippen molar-refractivity contribution in [2.75, 3.05) is 64.4 Å². The molecule has 1 N–H and O–H groups in total. The van der Waals surface area contributed by atoms with E-state index in [2.05, 4.69) is 4.90 Å². The largest absolute Gasteiger partial charge is 0.380 e. The third-order valence-corrected chi connectivity index (χ3v) is 10.6. The number of carbonyl (C=O) groups excluding carboxylic acids is 3. The molecule has 0 radical (unpaired) electrons. The van der Waals surface area contributed by atoms with Gasteiger partial charge in [-0.05, 0) is 74.1 Å². The molecule has 4 fully saturated rings. The Kier molecular flexibility index (Phi) is 9.11. The summed E-state index contributed by atoms with van der Waals surface area (Å²) >= 11 is 12.7. The zero-order chi connectivity index (χ0) is 31.0. The summed E-state index contributed by atoms with van der Waals surface area (Å²) in [6.45, 7) is 5.00. The van der Waals surface area contributed by atoms with Crippen molar-refractivity contribution in [2.24, 2.45) is 5.92 Å². The maximum absolute atomic E-state index is 13.8. The van der Waals surface area contributed by atoms with Gasteiger partial charge in [0.25, 0.3) is 11.8 Å². The van der Waals surface area contributed by atoms with Crippen LogP contribution in [0.1, 0.15) is 53.9 Å². The molecule has 0 bridgehead atoms. The highest BCUT2D eigenvalue weighted by atomic mass is 35.5. The summed E-state index contributed by atoms with van der Waals surface area (Å²) in [6, 6.07) is 13.2. The molecule has 0 spiro atoms. The topological polar surface area (TPSA) is 93.6 Å². The third kappa shape index (κ3) is 6.43. The molecular weight excluding hydrogens is 603 g/mol. The highest BCUT2D eigenvalue weighted by Crippen LogP contribution is 2.39. The highest BCUT2D eigenvalue weighted by molar-refractivity contribution is 6.42. The van der Waals surface area contributed by atoms with Crippen molar-refractivity contribution in [2.45, 2.75) is 49.7 Å². The predicted molar refractivity (Wildman–Crippen MR) is 169 cm³/mol. The number of likely N-dealkylation sites (N-methyl/N-ethyl adjacent to an activating group) is 1. The second-order valence-electron chi connectivity index (χ2n) is 12.6. The Morgan fingerprint density at radius 2 is 1.55 bits per heavy atom. The summed E-state index contributed by atoms with van der Waals surface area (Å²) in [5, 5.41) is 11.1. The molecular formula is C33H40Cl2N4O5. The van der Waals surface area contributed by atoms with Gasteiger partial charge in [-0.15, -0.1) is 0 Å². The average Bonchev–Trinajstić information content (AvgIpc) is 3.83. The molecule has 2 aromatic rings. The number of anilines is 1. The first-order chi connectivity index (χ1) is 21.1. The molecule has 11 heteroatoms. The van der Waals surface area contributed by atoms with Gasteiger partial charge in [0, 0.05) is 75.4 Å². The highest BCUT2D eigenvalue weighted by Gasteiger charge is 2.51. The molecule has 4 aliphatic rings. The van der Waals surface area contributed by atoms with Gasteiger partial charge >= 0.3 is 0 Å². The smallest absolute Gasteiger partial charge is 0.254 e. The van der Waals surface area contributed by atoms with Gasteiger partial charge in [0.1, 0.15) is 5.60 Å². The SMILES string of the molecule is CN(C(=O)c1ccc(N2CCOCC2)cc1)C1CCN(C(=O)C2CCN(C(=O)C3(O)CC3)CC2)C[C@H]1c1ccc(Cl)c(Cl)c1. The van der Waals surface area contributed by atoms with E-state index in [1.54, 1.807) is 11.0 Å².